The van der Waals surface area contributed by atoms with E-state index in [0.717, 1.165) is 5.56 Å². The molecule has 1 heterocycles. The Hall–Kier alpha value is -1.84. The summed E-state index contributed by atoms with van der Waals surface area (Å²) in [6.07, 6.45) is 0.514. The van der Waals surface area contributed by atoms with Crippen molar-refractivity contribution < 1.29 is 9.59 Å². The van der Waals surface area contributed by atoms with Crippen LogP contribution in [0.3, 0.4) is 0 Å². The second-order valence-corrected chi connectivity index (χ2v) is 5.12. The van der Waals surface area contributed by atoms with E-state index < -0.39 is 0 Å². The first kappa shape index (κ1) is 13.6. The molecule has 1 unspecified atom stereocenters. The van der Waals surface area contributed by atoms with Crippen LogP contribution in [0.4, 0.5) is 0 Å². The van der Waals surface area contributed by atoms with Crippen LogP contribution in [0.25, 0.3) is 0 Å². The van der Waals surface area contributed by atoms with Crippen LogP contribution in [0.5, 0.6) is 0 Å². The monoisotopic (exact) mass is 260 g/mol. The molecule has 2 rings (SSSR count). The van der Waals surface area contributed by atoms with Crippen molar-refractivity contribution in [2.75, 3.05) is 20.1 Å². The zero-order chi connectivity index (χ0) is 13.8. The van der Waals surface area contributed by atoms with Crippen LogP contribution in [-0.2, 0) is 9.59 Å². The number of nitrogens with one attached hydrogen (secondary N) is 1. The Morgan fingerprint density at radius 3 is 2.53 bits per heavy atom. The summed E-state index contributed by atoms with van der Waals surface area (Å²) in [5.41, 5.74) is 1.04. The number of likely N-dealkylation sites (tertiary alicyclic amines) is 1. The van der Waals surface area contributed by atoms with Gasteiger partial charge in [0.25, 0.3) is 0 Å². The lowest BCUT2D eigenvalue weighted by molar-refractivity contribution is -0.140. The molecule has 0 bridgehead atoms. The van der Waals surface area contributed by atoms with E-state index in [1.807, 2.05) is 42.2 Å². The van der Waals surface area contributed by atoms with Gasteiger partial charge in [-0.1, -0.05) is 30.3 Å². The molecule has 0 radical (unpaired) electrons. The maximum Gasteiger partial charge on any atom is 0.229 e. The van der Waals surface area contributed by atoms with Crippen molar-refractivity contribution >= 4 is 11.8 Å². The van der Waals surface area contributed by atoms with Crippen molar-refractivity contribution in [1.29, 1.82) is 0 Å². The number of nitrogens with zero attached hydrogens (tertiary/aromatic N) is 1. The first-order chi connectivity index (χ1) is 9.11. The molecule has 4 heteroatoms. The average Bonchev–Trinajstić information content (AvgIpc) is 2.41. The maximum atomic E-state index is 12.3. The van der Waals surface area contributed by atoms with Gasteiger partial charge in [-0.25, -0.2) is 0 Å². The molecule has 1 saturated heterocycles. The third-order valence-electron chi connectivity index (χ3n) is 3.69. The van der Waals surface area contributed by atoms with Crippen LogP contribution >= 0.6 is 0 Å². The Bertz CT molecular complexity index is 452. The number of carbonyl (C=O) groups excluding carboxylic acids is 2. The summed E-state index contributed by atoms with van der Waals surface area (Å²) in [6, 6.07) is 9.80. The summed E-state index contributed by atoms with van der Waals surface area (Å²) in [7, 11) is 1.64. The molecule has 2 amide bonds. The van der Waals surface area contributed by atoms with Gasteiger partial charge in [0, 0.05) is 32.5 Å². The van der Waals surface area contributed by atoms with Crippen LogP contribution in [-0.4, -0.2) is 36.9 Å². The lowest BCUT2D eigenvalue weighted by Crippen LogP contribution is -2.52. The zero-order valence-electron chi connectivity index (χ0n) is 11.4. The highest BCUT2D eigenvalue weighted by atomic mass is 16.2. The highest BCUT2D eigenvalue weighted by molar-refractivity contribution is 5.84. The summed E-state index contributed by atoms with van der Waals surface area (Å²) in [5.74, 6) is 0.404. The summed E-state index contributed by atoms with van der Waals surface area (Å²) < 4.78 is 0. The molecule has 102 valence electrons. The second-order valence-electron chi connectivity index (χ2n) is 5.12. The molecule has 0 aromatic heterocycles. The fourth-order valence-electron chi connectivity index (χ4n) is 2.40. The van der Waals surface area contributed by atoms with Gasteiger partial charge in [-0.3, -0.25) is 9.59 Å². The number of hydrogen-bond acceptors (Lipinski definition) is 2. The quantitative estimate of drug-likeness (QED) is 0.889. The van der Waals surface area contributed by atoms with Crippen molar-refractivity contribution in [3.05, 3.63) is 35.9 Å². The molecule has 19 heavy (non-hydrogen) atoms. The van der Waals surface area contributed by atoms with Crippen LogP contribution < -0.4 is 5.32 Å². The molecule has 4 nitrogen and oxygen atoms in total. The predicted octanol–water partition coefficient (Wildman–Crippen LogP) is 1.38. The second kappa shape index (κ2) is 5.87. The summed E-state index contributed by atoms with van der Waals surface area (Å²) in [4.78, 5) is 25.3. The van der Waals surface area contributed by atoms with Crippen molar-refractivity contribution in [1.82, 2.24) is 10.2 Å². The van der Waals surface area contributed by atoms with Gasteiger partial charge in [0.05, 0.1) is 5.92 Å². The molecule has 1 fully saturated rings. The molecule has 0 spiro atoms. The van der Waals surface area contributed by atoms with Crippen molar-refractivity contribution in [3.8, 4) is 0 Å². The minimum Gasteiger partial charge on any atom is -0.359 e. The number of amides is 2. The lowest BCUT2D eigenvalue weighted by atomic mass is 9.92. The molecule has 0 aliphatic carbocycles. The standard InChI is InChI=1S/C15H20N2O2/c1-11(13-6-4-3-5-7-13)15(19)17-9-12(10-17)8-14(18)16-2/h3-7,11-12H,8-10H2,1-2H3,(H,16,18). The van der Waals surface area contributed by atoms with Crippen molar-refractivity contribution in [2.45, 2.75) is 19.3 Å². The van der Waals surface area contributed by atoms with Gasteiger partial charge in [-0.2, -0.15) is 0 Å². The van der Waals surface area contributed by atoms with E-state index in [-0.39, 0.29) is 17.7 Å². The van der Waals surface area contributed by atoms with E-state index in [9.17, 15) is 9.59 Å². The first-order valence-corrected chi connectivity index (χ1v) is 6.66. The van der Waals surface area contributed by atoms with Gasteiger partial charge in [0.1, 0.15) is 0 Å². The smallest absolute Gasteiger partial charge is 0.229 e. The third-order valence-corrected chi connectivity index (χ3v) is 3.69. The lowest BCUT2D eigenvalue weighted by Gasteiger charge is -2.40. The van der Waals surface area contributed by atoms with Gasteiger partial charge in [0.15, 0.2) is 0 Å². The Kier molecular flexibility index (Phi) is 4.20. The van der Waals surface area contributed by atoms with E-state index >= 15 is 0 Å². The highest BCUT2D eigenvalue weighted by Gasteiger charge is 2.34. The number of hydrogen-bond donors (Lipinski definition) is 1. The number of carbonyl (C=O) groups is 2. The normalized spacial score (nSPS) is 16.6. The van der Waals surface area contributed by atoms with E-state index in [1.54, 1.807) is 7.05 Å². The molecule has 1 aliphatic rings. The zero-order valence-corrected chi connectivity index (χ0v) is 11.4. The SMILES string of the molecule is CNC(=O)CC1CN(C(=O)C(C)c2ccccc2)C1. The molecule has 1 N–H and O–H groups in total. The number of benzene rings is 1. The first-order valence-electron chi connectivity index (χ1n) is 6.66. The topological polar surface area (TPSA) is 49.4 Å². The summed E-state index contributed by atoms with van der Waals surface area (Å²) in [5, 5.41) is 2.61. The van der Waals surface area contributed by atoms with E-state index in [2.05, 4.69) is 5.32 Å². The fourth-order valence-corrected chi connectivity index (χ4v) is 2.40. The summed E-state index contributed by atoms with van der Waals surface area (Å²) in [6.45, 7) is 3.33. The number of rotatable bonds is 4. The fraction of sp³-hybridized carbons (Fsp3) is 0.467. The Balaban J connectivity index is 1.85. The third kappa shape index (κ3) is 3.13. The van der Waals surface area contributed by atoms with Crippen LogP contribution in [0.1, 0.15) is 24.8 Å². The predicted molar refractivity (Wildman–Crippen MR) is 73.6 cm³/mol. The van der Waals surface area contributed by atoms with Gasteiger partial charge in [-0.05, 0) is 12.5 Å². The maximum absolute atomic E-state index is 12.3. The molecular formula is C15H20N2O2. The largest absolute Gasteiger partial charge is 0.359 e. The molecule has 1 atom stereocenters. The molecule has 0 saturated carbocycles. The average molecular weight is 260 g/mol. The van der Waals surface area contributed by atoms with Crippen LogP contribution in [0.15, 0.2) is 30.3 Å². The van der Waals surface area contributed by atoms with Crippen molar-refractivity contribution in [3.63, 3.8) is 0 Å². The van der Waals surface area contributed by atoms with Gasteiger partial charge in [0.2, 0.25) is 11.8 Å². The van der Waals surface area contributed by atoms with E-state index in [4.69, 9.17) is 0 Å². The van der Waals surface area contributed by atoms with Gasteiger partial charge >= 0.3 is 0 Å². The Morgan fingerprint density at radius 1 is 1.32 bits per heavy atom. The minimum atomic E-state index is -0.109. The molecule has 1 aromatic carbocycles. The Labute approximate surface area is 113 Å². The molecular weight excluding hydrogens is 240 g/mol. The summed E-state index contributed by atoms with van der Waals surface area (Å²) >= 11 is 0. The van der Waals surface area contributed by atoms with Crippen LogP contribution in [0, 0.1) is 5.92 Å². The molecule has 1 aromatic rings. The minimum absolute atomic E-state index is 0.0493. The van der Waals surface area contributed by atoms with E-state index in [0.29, 0.717) is 25.4 Å². The highest BCUT2D eigenvalue weighted by Crippen LogP contribution is 2.25. The van der Waals surface area contributed by atoms with E-state index in [1.165, 1.54) is 0 Å². The van der Waals surface area contributed by atoms with Crippen molar-refractivity contribution in [2.24, 2.45) is 5.92 Å². The Morgan fingerprint density at radius 2 is 1.95 bits per heavy atom. The van der Waals surface area contributed by atoms with Gasteiger partial charge in [-0.15, -0.1) is 0 Å². The van der Waals surface area contributed by atoms with Gasteiger partial charge < -0.3 is 10.2 Å². The van der Waals surface area contributed by atoms with Crippen LogP contribution in [0.2, 0.25) is 0 Å². The molecule has 1 aliphatic heterocycles.